The summed E-state index contributed by atoms with van der Waals surface area (Å²) in [7, 11) is 0. The van der Waals surface area contributed by atoms with E-state index in [-0.39, 0.29) is 23.0 Å². The second-order valence-corrected chi connectivity index (χ2v) is 9.25. The maximum Gasteiger partial charge on any atom is 0.156 e. The number of hydrogen-bond donors (Lipinski definition) is 3. The van der Waals surface area contributed by atoms with Crippen LogP contribution in [-0.4, -0.2) is 39.4 Å². The topological polar surface area (TPSA) is 77.8 Å². The quantitative estimate of drug-likeness (QED) is 0.637. The Kier molecular flexibility index (Phi) is 3.85. The molecule has 25 heavy (non-hydrogen) atoms. The van der Waals surface area contributed by atoms with Crippen LogP contribution in [0.25, 0.3) is 0 Å². The van der Waals surface area contributed by atoms with Crippen LogP contribution in [0, 0.1) is 28.6 Å². The highest BCUT2D eigenvalue weighted by Crippen LogP contribution is 2.64. The first-order valence-electron chi connectivity index (χ1n) is 9.65. The molecular formula is C21H30O4. The third-order valence-corrected chi connectivity index (χ3v) is 8.08. The van der Waals surface area contributed by atoms with Gasteiger partial charge in [-0.2, -0.15) is 0 Å². The van der Waals surface area contributed by atoms with Crippen LogP contribution < -0.4 is 0 Å². The number of carbonyl (C=O) groups is 1. The zero-order valence-corrected chi connectivity index (χ0v) is 15.4. The van der Waals surface area contributed by atoms with Crippen molar-refractivity contribution in [2.45, 2.75) is 71.2 Å². The van der Waals surface area contributed by atoms with E-state index in [9.17, 15) is 20.1 Å². The monoisotopic (exact) mass is 346 g/mol. The van der Waals surface area contributed by atoms with Crippen LogP contribution in [0.15, 0.2) is 23.3 Å². The first kappa shape index (κ1) is 17.4. The van der Waals surface area contributed by atoms with Crippen molar-refractivity contribution in [1.29, 1.82) is 0 Å². The van der Waals surface area contributed by atoms with Crippen molar-refractivity contribution in [2.24, 2.45) is 28.6 Å². The number of hydrogen-bond acceptors (Lipinski definition) is 4. The lowest BCUT2D eigenvalue weighted by atomic mass is 9.46. The molecule has 0 bridgehead atoms. The molecule has 4 aliphatic rings. The maximum absolute atomic E-state index is 12.1. The van der Waals surface area contributed by atoms with E-state index in [1.807, 2.05) is 0 Å². The average molecular weight is 346 g/mol. The van der Waals surface area contributed by atoms with Gasteiger partial charge >= 0.3 is 0 Å². The molecule has 0 aromatic heterocycles. The molecule has 4 rings (SSSR count). The molecule has 4 heteroatoms. The summed E-state index contributed by atoms with van der Waals surface area (Å²) in [5.74, 6) is 0.719. The Labute approximate surface area is 149 Å². The van der Waals surface area contributed by atoms with E-state index in [1.165, 1.54) is 0 Å². The number of Topliss-reactive ketones (excluding diaryl/α,β-unsaturated/α-hetero) is 1. The molecule has 0 heterocycles. The number of aliphatic hydroxyl groups excluding tert-OH is 3. The molecule has 4 aliphatic carbocycles. The van der Waals surface area contributed by atoms with Crippen LogP contribution >= 0.6 is 0 Å². The second-order valence-electron chi connectivity index (χ2n) is 9.25. The summed E-state index contributed by atoms with van der Waals surface area (Å²) in [6.07, 6.45) is 5.95. The van der Waals surface area contributed by atoms with E-state index in [0.29, 0.717) is 25.2 Å². The van der Waals surface area contributed by atoms with Gasteiger partial charge in [0.25, 0.3) is 0 Å². The van der Waals surface area contributed by atoms with Crippen LogP contribution in [0.4, 0.5) is 0 Å². The third kappa shape index (κ3) is 2.20. The van der Waals surface area contributed by atoms with Crippen LogP contribution in [0.5, 0.6) is 0 Å². The van der Waals surface area contributed by atoms with Crippen LogP contribution in [-0.2, 0) is 4.79 Å². The Morgan fingerprint density at radius 2 is 1.88 bits per heavy atom. The number of allylic oxidation sites excluding steroid dienone is 3. The molecule has 0 spiro atoms. The zero-order chi connectivity index (χ0) is 18.1. The first-order valence-corrected chi connectivity index (χ1v) is 9.65. The molecule has 4 nitrogen and oxygen atoms in total. The molecule has 0 saturated heterocycles. The van der Waals surface area contributed by atoms with E-state index in [2.05, 4.69) is 26.0 Å². The van der Waals surface area contributed by atoms with Crippen molar-refractivity contribution in [2.75, 3.05) is 0 Å². The van der Waals surface area contributed by atoms with Gasteiger partial charge in [0.2, 0.25) is 0 Å². The lowest BCUT2D eigenvalue weighted by Crippen LogP contribution is -2.60. The predicted octanol–water partition coefficient (Wildman–Crippen LogP) is 2.38. The van der Waals surface area contributed by atoms with Gasteiger partial charge in [0.1, 0.15) is 0 Å². The third-order valence-electron chi connectivity index (χ3n) is 8.08. The molecule has 2 fully saturated rings. The molecule has 0 radical (unpaired) electrons. The van der Waals surface area contributed by atoms with Gasteiger partial charge in [0.15, 0.2) is 5.78 Å². The fourth-order valence-corrected chi connectivity index (χ4v) is 6.94. The van der Waals surface area contributed by atoms with Crippen molar-refractivity contribution in [3.63, 3.8) is 0 Å². The standard InChI is InChI=1S/C21H30O4/c1-11(22)15-6-7-16-14-5-4-12-8-13(23)9-18(25)21(12,3)19(14)17(24)10-20(15,16)2/h4,6,13-14,16-19,23-25H,5,7-10H2,1-3H3/t13-,14-,16-,17-,18+,19+,20+,21-/m1/s1. The largest absolute Gasteiger partial charge is 0.393 e. The number of fused-ring (bicyclic) bond motifs is 5. The van der Waals surface area contributed by atoms with Crippen molar-refractivity contribution in [1.82, 2.24) is 0 Å². The van der Waals surface area contributed by atoms with Gasteiger partial charge in [0, 0.05) is 17.3 Å². The van der Waals surface area contributed by atoms with Gasteiger partial charge in [-0.05, 0) is 55.9 Å². The smallest absolute Gasteiger partial charge is 0.156 e. The summed E-state index contributed by atoms with van der Waals surface area (Å²) in [5.41, 5.74) is 1.27. The molecule has 138 valence electrons. The van der Waals surface area contributed by atoms with E-state index >= 15 is 0 Å². The minimum absolute atomic E-state index is 0.00668. The predicted molar refractivity (Wildman–Crippen MR) is 94.6 cm³/mol. The molecule has 0 aromatic rings. The van der Waals surface area contributed by atoms with E-state index < -0.39 is 23.7 Å². The number of ketones is 1. The average Bonchev–Trinajstić information content (AvgIpc) is 2.85. The van der Waals surface area contributed by atoms with E-state index in [4.69, 9.17) is 0 Å². The fraction of sp³-hybridized carbons (Fsp3) is 0.762. The number of rotatable bonds is 1. The van der Waals surface area contributed by atoms with Crippen LogP contribution in [0.2, 0.25) is 0 Å². The van der Waals surface area contributed by atoms with Crippen LogP contribution in [0.1, 0.15) is 52.9 Å². The van der Waals surface area contributed by atoms with Crippen molar-refractivity contribution in [3.05, 3.63) is 23.3 Å². The fourth-order valence-electron chi connectivity index (χ4n) is 6.94. The minimum Gasteiger partial charge on any atom is -0.393 e. The molecule has 8 atom stereocenters. The molecule has 0 unspecified atom stereocenters. The minimum atomic E-state index is -0.629. The summed E-state index contributed by atoms with van der Waals surface area (Å²) in [6, 6.07) is 0. The summed E-state index contributed by atoms with van der Waals surface area (Å²) in [5, 5.41) is 32.1. The lowest BCUT2D eigenvalue weighted by Gasteiger charge is -2.60. The van der Waals surface area contributed by atoms with Crippen molar-refractivity contribution < 1.29 is 20.1 Å². The number of carbonyl (C=O) groups excluding carboxylic acids is 1. The Morgan fingerprint density at radius 1 is 1.16 bits per heavy atom. The Bertz CT molecular complexity index is 665. The molecule has 2 saturated carbocycles. The maximum atomic E-state index is 12.1. The van der Waals surface area contributed by atoms with E-state index in [1.54, 1.807) is 6.92 Å². The van der Waals surface area contributed by atoms with Gasteiger partial charge in [-0.1, -0.05) is 31.6 Å². The highest BCUT2D eigenvalue weighted by molar-refractivity contribution is 5.95. The van der Waals surface area contributed by atoms with Crippen molar-refractivity contribution >= 4 is 5.78 Å². The van der Waals surface area contributed by atoms with Gasteiger partial charge < -0.3 is 15.3 Å². The summed E-state index contributed by atoms with van der Waals surface area (Å²) in [4.78, 5) is 12.1. The van der Waals surface area contributed by atoms with Gasteiger partial charge in [-0.15, -0.1) is 0 Å². The molecular weight excluding hydrogens is 316 g/mol. The van der Waals surface area contributed by atoms with Gasteiger partial charge in [-0.25, -0.2) is 0 Å². The Hall–Kier alpha value is -0.970. The normalized spacial score (nSPS) is 51.8. The molecule has 0 aliphatic heterocycles. The summed E-state index contributed by atoms with van der Waals surface area (Å²) < 4.78 is 0. The van der Waals surface area contributed by atoms with Gasteiger partial charge in [0.05, 0.1) is 18.3 Å². The summed E-state index contributed by atoms with van der Waals surface area (Å²) in [6.45, 7) is 5.84. The number of aliphatic hydroxyl groups is 3. The van der Waals surface area contributed by atoms with E-state index in [0.717, 1.165) is 24.0 Å². The Balaban J connectivity index is 1.75. The first-order chi connectivity index (χ1) is 11.7. The second kappa shape index (κ2) is 5.51. The zero-order valence-electron chi connectivity index (χ0n) is 15.4. The van der Waals surface area contributed by atoms with Crippen LogP contribution in [0.3, 0.4) is 0 Å². The molecule has 3 N–H and O–H groups in total. The summed E-state index contributed by atoms with van der Waals surface area (Å²) >= 11 is 0. The SMILES string of the molecule is CC(=O)C1=CC[C@@H]2[C@H]3CC=C4C[C@@H](O)C[C@H](O)[C@]4(C)[C@@H]3[C@H](O)C[C@@]12C. The van der Waals surface area contributed by atoms with Crippen molar-refractivity contribution in [3.8, 4) is 0 Å². The Morgan fingerprint density at radius 3 is 2.56 bits per heavy atom. The molecule has 0 amide bonds. The highest BCUT2D eigenvalue weighted by atomic mass is 16.3. The van der Waals surface area contributed by atoms with Gasteiger partial charge in [-0.3, -0.25) is 4.79 Å². The molecule has 0 aromatic carbocycles. The lowest BCUT2D eigenvalue weighted by molar-refractivity contribution is -0.148. The highest BCUT2D eigenvalue weighted by Gasteiger charge is 2.62.